The molecule has 0 radical (unpaired) electrons. The van der Waals surface area contributed by atoms with Crippen molar-refractivity contribution in [3.8, 4) is 0 Å². The van der Waals surface area contributed by atoms with Crippen molar-refractivity contribution in [2.24, 2.45) is 0 Å². The molecular formula is C13H15NO2. The summed E-state index contributed by atoms with van der Waals surface area (Å²) in [4.78, 5) is 3.65. The Balaban J connectivity index is 2.17. The Morgan fingerprint density at radius 2 is 2.06 bits per heavy atom. The van der Waals surface area contributed by atoms with E-state index >= 15 is 0 Å². The molecular weight excluding hydrogens is 202 g/mol. The first-order chi connectivity index (χ1) is 7.62. The summed E-state index contributed by atoms with van der Waals surface area (Å²) in [5.74, 6) is -0.567. The van der Waals surface area contributed by atoms with E-state index in [1.165, 1.54) is 0 Å². The first kappa shape index (κ1) is 11.1. The van der Waals surface area contributed by atoms with Gasteiger partial charge in [0.2, 0.25) is 0 Å². The maximum Gasteiger partial charge on any atom is 0.276 e. The molecule has 1 aromatic carbocycles. The van der Waals surface area contributed by atoms with Gasteiger partial charge in [-0.05, 0) is 13.8 Å². The Morgan fingerprint density at radius 3 is 2.56 bits per heavy atom. The molecule has 0 spiro atoms. The minimum Gasteiger partial charge on any atom is -0.347 e. The Bertz CT molecular complexity index is 394. The molecule has 0 N–H and O–H groups in total. The fourth-order valence-electron chi connectivity index (χ4n) is 1.89. The van der Waals surface area contributed by atoms with Crippen molar-refractivity contribution in [2.45, 2.75) is 31.8 Å². The van der Waals surface area contributed by atoms with E-state index in [-0.39, 0.29) is 12.1 Å². The van der Waals surface area contributed by atoms with E-state index in [0.29, 0.717) is 6.61 Å². The van der Waals surface area contributed by atoms with Gasteiger partial charge in [0, 0.05) is 5.56 Å². The van der Waals surface area contributed by atoms with E-state index in [0.717, 1.165) is 5.56 Å². The monoisotopic (exact) mass is 217 g/mol. The maximum absolute atomic E-state index is 7.28. The number of ether oxygens (including phenoxy) is 2. The van der Waals surface area contributed by atoms with Crippen LogP contribution in [0.5, 0.6) is 0 Å². The number of hydrogen-bond acceptors (Lipinski definition) is 2. The van der Waals surface area contributed by atoms with Crippen LogP contribution in [0.4, 0.5) is 0 Å². The summed E-state index contributed by atoms with van der Waals surface area (Å²) in [5.41, 5.74) is 0.990. The van der Waals surface area contributed by atoms with Gasteiger partial charge in [-0.3, -0.25) is 0 Å². The molecule has 2 rings (SSSR count). The summed E-state index contributed by atoms with van der Waals surface area (Å²) in [5, 5.41) is 0. The predicted molar refractivity (Wildman–Crippen MR) is 60.7 cm³/mol. The van der Waals surface area contributed by atoms with Crippen molar-refractivity contribution >= 4 is 0 Å². The van der Waals surface area contributed by atoms with E-state index in [9.17, 15) is 0 Å². The normalized spacial score (nSPS) is 24.9. The lowest BCUT2D eigenvalue weighted by atomic mass is 10.0. The SMILES string of the molecule is [C-]#[N+]C(c1ccccc1)[C@H]1COC(C)(C)O1. The molecule has 2 atom stereocenters. The van der Waals surface area contributed by atoms with Gasteiger partial charge in [0.15, 0.2) is 11.9 Å². The molecule has 1 aliphatic heterocycles. The number of hydrogen-bond donors (Lipinski definition) is 0. The molecule has 0 aliphatic carbocycles. The van der Waals surface area contributed by atoms with Crippen LogP contribution in [-0.2, 0) is 9.47 Å². The number of nitrogens with zero attached hydrogens (tertiary/aromatic N) is 1. The van der Waals surface area contributed by atoms with Crippen LogP contribution < -0.4 is 0 Å². The van der Waals surface area contributed by atoms with Gasteiger partial charge in [0.05, 0.1) is 6.61 Å². The van der Waals surface area contributed by atoms with E-state index in [1.807, 2.05) is 44.2 Å². The van der Waals surface area contributed by atoms with Crippen LogP contribution in [0.3, 0.4) is 0 Å². The molecule has 1 aromatic rings. The lowest BCUT2D eigenvalue weighted by Gasteiger charge is -2.17. The molecule has 0 bridgehead atoms. The van der Waals surface area contributed by atoms with Crippen molar-refractivity contribution < 1.29 is 9.47 Å². The summed E-state index contributed by atoms with van der Waals surface area (Å²) in [6, 6.07) is 9.46. The first-order valence-corrected chi connectivity index (χ1v) is 5.36. The maximum atomic E-state index is 7.28. The molecule has 0 amide bonds. The second-order valence-corrected chi connectivity index (χ2v) is 4.35. The van der Waals surface area contributed by atoms with Crippen molar-refractivity contribution in [3.63, 3.8) is 0 Å². The summed E-state index contributed by atoms with van der Waals surface area (Å²) in [6.45, 7) is 11.5. The average Bonchev–Trinajstić information content (AvgIpc) is 2.62. The van der Waals surface area contributed by atoms with Crippen molar-refractivity contribution in [1.82, 2.24) is 0 Å². The van der Waals surface area contributed by atoms with Crippen molar-refractivity contribution in [1.29, 1.82) is 0 Å². The lowest BCUT2D eigenvalue weighted by molar-refractivity contribution is -0.139. The molecule has 1 heterocycles. The quantitative estimate of drug-likeness (QED) is 0.711. The zero-order valence-electron chi connectivity index (χ0n) is 9.51. The van der Waals surface area contributed by atoms with E-state index < -0.39 is 5.79 Å². The molecule has 16 heavy (non-hydrogen) atoms. The zero-order chi connectivity index (χ0) is 11.6. The zero-order valence-corrected chi connectivity index (χ0v) is 9.51. The van der Waals surface area contributed by atoms with E-state index in [4.69, 9.17) is 16.0 Å². The highest BCUT2D eigenvalue weighted by atomic mass is 16.7. The second kappa shape index (κ2) is 4.25. The smallest absolute Gasteiger partial charge is 0.276 e. The van der Waals surface area contributed by atoms with Crippen LogP contribution in [0.1, 0.15) is 25.5 Å². The average molecular weight is 217 g/mol. The van der Waals surface area contributed by atoms with Gasteiger partial charge < -0.3 is 14.3 Å². The molecule has 3 heteroatoms. The van der Waals surface area contributed by atoms with Gasteiger partial charge in [-0.25, -0.2) is 6.57 Å². The van der Waals surface area contributed by atoms with Crippen LogP contribution >= 0.6 is 0 Å². The van der Waals surface area contributed by atoms with Crippen LogP contribution in [0.25, 0.3) is 4.85 Å². The fourth-order valence-corrected chi connectivity index (χ4v) is 1.89. The highest BCUT2D eigenvalue weighted by Crippen LogP contribution is 2.32. The Labute approximate surface area is 95.8 Å². The number of rotatable bonds is 2. The minimum atomic E-state index is -0.567. The first-order valence-electron chi connectivity index (χ1n) is 5.36. The second-order valence-electron chi connectivity index (χ2n) is 4.35. The Kier molecular flexibility index (Phi) is 2.95. The Hall–Kier alpha value is -1.37. The van der Waals surface area contributed by atoms with Gasteiger partial charge in [0.25, 0.3) is 6.04 Å². The van der Waals surface area contributed by atoms with Crippen molar-refractivity contribution in [3.05, 3.63) is 47.3 Å². The lowest BCUT2D eigenvalue weighted by Crippen LogP contribution is -2.24. The van der Waals surface area contributed by atoms with Gasteiger partial charge in [-0.2, -0.15) is 0 Å². The van der Waals surface area contributed by atoms with E-state index in [2.05, 4.69) is 4.85 Å². The predicted octanol–water partition coefficient (Wildman–Crippen LogP) is 2.80. The third-order valence-electron chi connectivity index (χ3n) is 2.66. The number of benzene rings is 1. The standard InChI is InChI=1S/C13H15NO2/c1-13(2)15-9-11(16-13)12(14-3)10-7-5-4-6-8-10/h4-8,11-12H,9H2,1-2H3/t11-,12?/m1/s1. The molecule has 1 unspecified atom stereocenters. The molecule has 1 aliphatic rings. The van der Waals surface area contributed by atoms with Gasteiger partial charge in [0.1, 0.15) is 0 Å². The highest BCUT2D eigenvalue weighted by Gasteiger charge is 2.41. The summed E-state index contributed by atoms with van der Waals surface area (Å²) in [6.07, 6.45) is -0.171. The van der Waals surface area contributed by atoms with Crippen LogP contribution in [0.2, 0.25) is 0 Å². The minimum absolute atomic E-state index is 0.171. The van der Waals surface area contributed by atoms with Crippen LogP contribution in [0.15, 0.2) is 30.3 Å². The van der Waals surface area contributed by atoms with E-state index in [1.54, 1.807) is 0 Å². The molecule has 0 aromatic heterocycles. The summed E-state index contributed by atoms with van der Waals surface area (Å²) >= 11 is 0. The molecule has 1 saturated heterocycles. The summed E-state index contributed by atoms with van der Waals surface area (Å²) < 4.78 is 11.2. The van der Waals surface area contributed by atoms with Crippen molar-refractivity contribution in [2.75, 3.05) is 6.61 Å². The van der Waals surface area contributed by atoms with Gasteiger partial charge in [-0.1, -0.05) is 30.3 Å². The third-order valence-corrected chi connectivity index (χ3v) is 2.66. The fraction of sp³-hybridized carbons (Fsp3) is 0.462. The topological polar surface area (TPSA) is 22.8 Å². The van der Waals surface area contributed by atoms with Gasteiger partial charge >= 0.3 is 0 Å². The van der Waals surface area contributed by atoms with Gasteiger partial charge in [-0.15, -0.1) is 0 Å². The molecule has 1 fully saturated rings. The van der Waals surface area contributed by atoms with Crippen LogP contribution in [0, 0.1) is 6.57 Å². The summed E-state index contributed by atoms with van der Waals surface area (Å²) in [7, 11) is 0. The molecule has 84 valence electrons. The highest BCUT2D eigenvalue weighted by molar-refractivity contribution is 5.23. The third kappa shape index (κ3) is 2.24. The molecule has 3 nitrogen and oxygen atoms in total. The largest absolute Gasteiger partial charge is 0.347 e. The van der Waals surface area contributed by atoms with Crippen LogP contribution in [-0.4, -0.2) is 18.5 Å². The Morgan fingerprint density at radius 1 is 1.38 bits per heavy atom. The molecule has 0 saturated carbocycles.